The van der Waals surface area contributed by atoms with Gasteiger partial charge in [-0.3, -0.25) is 9.59 Å². The Morgan fingerprint density at radius 1 is 0.842 bits per heavy atom. The van der Waals surface area contributed by atoms with Crippen LogP contribution in [0.25, 0.3) is 0 Å². The van der Waals surface area contributed by atoms with E-state index in [1.165, 1.54) is 36.4 Å². The Kier molecular flexibility index (Phi) is 7.93. The van der Waals surface area contributed by atoms with Crippen molar-refractivity contribution in [3.63, 3.8) is 0 Å². The van der Waals surface area contributed by atoms with Crippen LogP contribution in [0.2, 0.25) is 0 Å². The van der Waals surface area contributed by atoms with Gasteiger partial charge in [0.2, 0.25) is 0 Å². The van der Waals surface area contributed by atoms with Gasteiger partial charge in [0.15, 0.2) is 0 Å². The minimum atomic E-state index is -0.700. The van der Waals surface area contributed by atoms with Crippen molar-refractivity contribution in [2.24, 2.45) is 0 Å². The van der Waals surface area contributed by atoms with Crippen LogP contribution < -0.4 is 15.0 Å². The van der Waals surface area contributed by atoms with Crippen molar-refractivity contribution in [2.45, 2.75) is 27.2 Å². The van der Waals surface area contributed by atoms with Crippen LogP contribution >= 0.6 is 11.6 Å². The number of hydrogen-bond donors (Lipinski definition) is 1. The number of nitrogens with one attached hydrogen (secondary N) is 1. The normalized spacial score (nSPS) is 13.1. The number of carbonyl (C=O) groups excluding carboxylic acids is 4. The van der Waals surface area contributed by atoms with Crippen molar-refractivity contribution in [1.29, 1.82) is 0 Å². The lowest BCUT2D eigenvalue weighted by atomic mass is 10.1. The summed E-state index contributed by atoms with van der Waals surface area (Å²) in [7, 11) is 0. The SMILES string of the molecule is CCCOC(=O)c1ccc(N2C(=O)C(Cl)=C(Nc3ccc(C(=O)Oc4cc(C)cc(C)c4)cc3)C2=O)cc1. The maximum atomic E-state index is 13.1. The Morgan fingerprint density at radius 3 is 2.03 bits per heavy atom. The predicted octanol–water partition coefficient (Wildman–Crippen LogP) is 5.53. The molecule has 1 aliphatic heterocycles. The molecule has 38 heavy (non-hydrogen) atoms. The van der Waals surface area contributed by atoms with E-state index in [4.69, 9.17) is 21.1 Å². The lowest BCUT2D eigenvalue weighted by Crippen LogP contribution is -2.32. The quantitative estimate of drug-likeness (QED) is 0.231. The van der Waals surface area contributed by atoms with E-state index in [-0.39, 0.29) is 16.4 Å². The lowest BCUT2D eigenvalue weighted by molar-refractivity contribution is -0.120. The number of imide groups is 1. The Hall–Kier alpha value is -4.43. The van der Waals surface area contributed by atoms with E-state index in [1.807, 2.05) is 26.8 Å². The van der Waals surface area contributed by atoms with Crippen LogP contribution in [0.1, 0.15) is 45.2 Å². The molecule has 4 rings (SSSR count). The molecule has 9 heteroatoms. The van der Waals surface area contributed by atoms with Crippen LogP contribution in [-0.2, 0) is 14.3 Å². The topological polar surface area (TPSA) is 102 Å². The number of halogens is 1. The van der Waals surface area contributed by atoms with Crippen LogP contribution in [0.5, 0.6) is 5.75 Å². The fourth-order valence-electron chi connectivity index (χ4n) is 3.86. The fraction of sp³-hybridized carbons (Fsp3) is 0.172. The summed E-state index contributed by atoms with van der Waals surface area (Å²) >= 11 is 6.21. The van der Waals surface area contributed by atoms with E-state index >= 15 is 0 Å². The van der Waals surface area contributed by atoms with E-state index in [9.17, 15) is 19.2 Å². The third kappa shape index (κ3) is 5.76. The molecule has 0 unspecified atom stereocenters. The molecule has 0 spiro atoms. The Bertz CT molecular complexity index is 1420. The Balaban J connectivity index is 1.44. The summed E-state index contributed by atoms with van der Waals surface area (Å²) < 4.78 is 10.6. The van der Waals surface area contributed by atoms with Crippen LogP contribution in [0.15, 0.2) is 77.5 Å². The van der Waals surface area contributed by atoms with Gasteiger partial charge in [-0.2, -0.15) is 0 Å². The van der Waals surface area contributed by atoms with Crippen LogP contribution in [0, 0.1) is 13.8 Å². The van der Waals surface area contributed by atoms with Crippen molar-refractivity contribution >= 4 is 46.7 Å². The van der Waals surface area contributed by atoms with Gasteiger partial charge in [0.1, 0.15) is 16.5 Å². The number of amides is 2. The molecule has 0 bridgehead atoms. The van der Waals surface area contributed by atoms with Crippen LogP contribution in [0.4, 0.5) is 11.4 Å². The summed E-state index contributed by atoms with van der Waals surface area (Å²) in [5.41, 5.74) is 3.16. The fourth-order valence-corrected chi connectivity index (χ4v) is 4.07. The number of esters is 2. The Labute approximate surface area is 224 Å². The second-order valence-electron chi connectivity index (χ2n) is 8.73. The first kappa shape index (κ1) is 26.6. The van der Waals surface area contributed by atoms with E-state index < -0.39 is 23.8 Å². The molecule has 0 aliphatic carbocycles. The maximum absolute atomic E-state index is 13.1. The van der Waals surface area contributed by atoms with Crippen LogP contribution in [0.3, 0.4) is 0 Å². The second kappa shape index (κ2) is 11.3. The average molecular weight is 533 g/mol. The minimum Gasteiger partial charge on any atom is -0.462 e. The monoisotopic (exact) mass is 532 g/mol. The smallest absolute Gasteiger partial charge is 0.343 e. The van der Waals surface area contributed by atoms with Crippen LogP contribution in [-0.4, -0.2) is 30.4 Å². The largest absolute Gasteiger partial charge is 0.462 e. The highest BCUT2D eigenvalue weighted by molar-refractivity contribution is 6.53. The molecule has 1 aliphatic rings. The van der Waals surface area contributed by atoms with Gasteiger partial charge >= 0.3 is 11.9 Å². The molecule has 0 saturated carbocycles. The molecule has 0 aromatic heterocycles. The molecule has 0 saturated heterocycles. The third-order valence-electron chi connectivity index (χ3n) is 5.62. The molecule has 0 fully saturated rings. The second-order valence-corrected chi connectivity index (χ2v) is 9.11. The molecular formula is C29H25ClN2O6. The van der Waals surface area contributed by atoms with Gasteiger partial charge < -0.3 is 14.8 Å². The van der Waals surface area contributed by atoms with Crippen molar-refractivity contribution in [1.82, 2.24) is 0 Å². The number of rotatable bonds is 8. The molecule has 1 heterocycles. The lowest BCUT2D eigenvalue weighted by Gasteiger charge is -2.15. The van der Waals surface area contributed by atoms with Gasteiger partial charge in [0, 0.05) is 5.69 Å². The van der Waals surface area contributed by atoms with E-state index in [1.54, 1.807) is 24.3 Å². The zero-order valence-corrected chi connectivity index (χ0v) is 21.8. The van der Waals surface area contributed by atoms with Gasteiger partial charge in [0.05, 0.1) is 23.4 Å². The van der Waals surface area contributed by atoms with Crippen molar-refractivity contribution in [2.75, 3.05) is 16.8 Å². The summed E-state index contributed by atoms with van der Waals surface area (Å²) in [6, 6.07) is 17.7. The van der Waals surface area contributed by atoms with Gasteiger partial charge in [-0.1, -0.05) is 24.6 Å². The predicted molar refractivity (Wildman–Crippen MR) is 143 cm³/mol. The Morgan fingerprint density at radius 2 is 1.42 bits per heavy atom. The first-order valence-corrected chi connectivity index (χ1v) is 12.3. The zero-order valence-electron chi connectivity index (χ0n) is 21.0. The highest BCUT2D eigenvalue weighted by Crippen LogP contribution is 2.30. The standard InChI is InChI=1S/C29H25ClN2O6/c1-4-13-37-28(35)19-7-11-22(12-8-19)32-26(33)24(30)25(27(32)34)31-21-9-5-20(6-10-21)29(36)38-23-15-17(2)14-18(3)16-23/h5-12,14-16,31H,4,13H2,1-3H3. The van der Waals surface area contributed by atoms with E-state index in [2.05, 4.69) is 5.32 Å². The number of carbonyl (C=O) groups is 4. The average Bonchev–Trinajstić information content (AvgIpc) is 3.10. The molecular weight excluding hydrogens is 508 g/mol. The van der Waals surface area contributed by atoms with Gasteiger partial charge in [-0.25, -0.2) is 14.5 Å². The van der Waals surface area contributed by atoms with E-state index in [0.717, 1.165) is 16.0 Å². The van der Waals surface area contributed by atoms with Crippen molar-refractivity contribution in [3.8, 4) is 5.75 Å². The molecule has 8 nitrogen and oxygen atoms in total. The summed E-state index contributed by atoms with van der Waals surface area (Å²) in [6.07, 6.45) is 0.695. The summed E-state index contributed by atoms with van der Waals surface area (Å²) in [6.45, 7) is 6.02. The highest BCUT2D eigenvalue weighted by Gasteiger charge is 2.39. The molecule has 1 N–H and O–H groups in total. The van der Waals surface area contributed by atoms with E-state index in [0.29, 0.717) is 35.6 Å². The minimum absolute atomic E-state index is 0.103. The molecule has 0 atom stereocenters. The van der Waals surface area contributed by atoms with Gasteiger partial charge in [-0.15, -0.1) is 0 Å². The maximum Gasteiger partial charge on any atom is 0.343 e. The zero-order chi connectivity index (χ0) is 27.4. The summed E-state index contributed by atoms with van der Waals surface area (Å²) in [5, 5.41) is 2.59. The number of ether oxygens (including phenoxy) is 2. The molecule has 3 aromatic rings. The van der Waals surface area contributed by atoms with Crippen molar-refractivity contribution in [3.05, 3.63) is 99.7 Å². The third-order valence-corrected chi connectivity index (χ3v) is 5.97. The molecule has 0 radical (unpaired) electrons. The molecule has 3 aromatic carbocycles. The number of hydrogen-bond acceptors (Lipinski definition) is 7. The summed E-state index contributed by atoms with van der Waals surface area (Å²) in [5.74, 6) is -1.92. The van der Waals surface area contributed by atoms with Gasteiger partial charge in [-0.05, 0) is 92.1 Å². The number of nitrogens with zero attached hydrogens (tertiary/aromatic N) is 1. The number of aryl methyl sites for hydroxylation is 2. The van der Waals surface area contributed by atoms with Gasteiger partial charge in [0.25, 0.3) is 11.8 Å². The number of anilines is 2. The highest BCUT2D eigenvalue weighted by atomic mass is 35.5. The summed E-state index contributed by atoms with van der Waals surface area (Å²) in [4.78, 5) is 51.3. The molecule has 194 valence electrons. The first-order chi connectivity index (χ1) is 18.2. The number of benzene rings is 3. The first-order valence-electron chi connectivity index (χ1n) is 11.9. The molecule has 2 amide bonds. The van der Waals surface area contributed by atoms with Crippen molar-refractivity contribution < 1.29 is 28.7 Å².